The van der Waals surface area contributed by atoms with Crippen molar-refractivity contribution in [3.8, 4) is 0 Å². The highest BCUT2D eigenvalue weighted by atomic mass is 35.5. The van der Waals surface area contributed by atoms with Crippen molar-refractivity contribution in [1.82, 2.24) is 14.3 Å². The molecule has 3 N–H and O–H groups in total. The lowest BCUT2D eigenvalue weighted by Gasteiger charge is -2.33. The molecule has 3 rings (SSSR count). The summed E-state index contributed by atoms with van der Waals surface area (Å²) in [5.74, 6) is 0.866. The molecule has 1 aliphatic heterocycles. The van der Waals surface area contributed by atoms with Crippen LogP contribution < -0.4 is 10.5 Å². The van der Waals surface area contributed by atoms with E-state index >= 15 is 0 Å². The largest absolute Gasteiger partial charge is 0.324 e. The van der Waals surface area contributed by atoms with Gasteiger partial charge in [0.15, 0.2) is 5.03 Å². The van der Waals surface area contributed by atoms with Crippen LogP contribution in [-0.4, -0.2) is 30.1 Å². The molecule has 120 valence electrons. The van der Waals surface area contributed by atoms with Crippen LogP contribution in [0.4, 0.5) is 0 Å². The second-order valence-corrected chi connectivity index (χ2v) is 7.73. The Bertz CT molecular complexity index is 593. The van der Waals surface area contributed by atoms with Gasteiger partial charge in [-0.3, -0.25) is 0 Å². The van der Waals surface area contributed by atoms with E-state index in [9.17, 15) is 8.42 Å². The highest BCUT2D eigenvalue weighted by Crippen LogP contribution is 2.26. The van der Waals surface area contributed by atoms with Gasteiger partial charge in [0.25, 0.3) is 10.0 Å². The number of sulfonamides is 1. The van der Waals surface area contributed by atoms with E-state index in [1.54, 1.807) is 4.57 Å². The van der Waals surface area contributed by atoms with Crippen molar-refractivity contribution in [1.29, 1.82) is 0 Å². The molecule has 8 heteroatoms. The van der Waals surface area contributed by atoms with Gasteiger partial charge in [0.1, 0.15) is 5.82 Å². The fraction of sp³-hybridized carbons (Fsp3) is 0.769. The summed E-state index contributed by atoms with van der Waals surface area (Å²) < 4.78 is 29.3. The van der Waals surface area contributed by atoms with E-state index in [0.717, 1.165) is 50.9 Å². The van der Waals surface area contributed by atoms with Crippen molar-refractivity contribution in [2.24, 2.45) is 5.73 Å². The highest BCUT2D eigenvalue weighted by Gasteiger charge is 2.31. The predicted octanol–water partition coefficient (Wildman–Crippen LogP) is 1.19. The van der Waals surface area contributed by atoms with E-state index < -0.39 is 10.0 Å². The van der Waals surface area contributed by atoms with Gasteiger partial charge in [-0.25, -0.2) is 18.1 Å². The summed E-state index contributed by atoms with van der Waals surface area (Å²) in [6.07, 6.45) is 8.42. The molecule has 6 nitrogen and oxygen atoms in total. The zero-order valence-corrected chi connectivity index (χ0v) is 13.7. The van der Waals surface area contributed by atoms with Gasteiger partial charge >= 0.3 is 0 Å². The maximum Gasteiger partial charge on any atom is 0.257 e. The molecule has 2 aliphatic rings. The second-order valence-electron chi connectivity index (χ2n) is 6.02. The Kier molecular flexibility index (Phi) is 4.97. The van der Waals surface area contributed by atoms with Gasteiger partial charge in [-0.2, -0.15) is 0 Å². The number of hydrogen-bond donors (Lipinski definition) is 2. The Morgan fingerprint density at radius 2 is 2.00 bits per heavy atom. The van der Waals surface area contributed by atoms with Gasteiger partial charge < -0.3 is 10.3 Å². The number of nitrogens with one attached hydrogen (secondary N) is 1. The van der Waals surface area contributed by atoms with E-state index in [1.165, 1.54) is 12.6 Å². The molecule has 1 aromatic heterocycles. The summed E-state index contributed by atoms with van der Waals surface area (Å²) in [6.45, 7) is 1.05. The third-order valence-corrected chi connectivity index (χ3v) is 5.82. The van der Waals surface area contributed by atoms with Crippen LogP contribution in [0.25, 0.3) is 0 Å². The summed E-state index contributed by atoms with van der Waals surface area (Å²) in [4.78, 5) is 4.19. The number of fused-ring (bicyclic) bond motifs is 1. The number of aryl methyl sites for hydroxylation is 1. The van der Waals surface area contributed by atoms with Crippen LogP contribution in [0.3, 0.4) is 0 Å². The molecule has 0 radical (unpaired) electrons. The number of aromatic nitrogens is 2. The first-order valence-electron chi connectivity index (χ1n) is 7.33. The summed E-state index contributed by atoms with van der Waals surface area (Å²) in [5.41, 5.74) is 5.89. The van der Waals surface area contributed by atoms with Crippen molar-refractivity contribution in [3.05, 3.63) is 12.0 Å². The van der Waals surface area contributed by atoms with Crippen LogP contribution in [0, 0.1) is 0 Å². The molecule has 0 saturated heterocycles. The van der Waals surface area contributed by atoms with E-state index in [4.69, 9.17) is 5.73 Å². The molecule has 0 unspecified atom stereocenters. The molecule has 1 aromatic rings. The number of nitrogens with two attached hydrogens (primary N) is 1. The standard InChI is InChI=1S/C13H22N4O2S.ClH/c14-13(6-2-1-3-7-13)10-16-20(18,19)12-9-15-11-5-4-8-17(11)12;/h9,16H,1-8,10,14H2;1H. The summed E-state index contributed by atoms with van der Waals surface area (Å²) >= 11 is 0. The summed E-state index contributed by atoms with van der Waals surface area (Å²) in [5, 5.41) is 0.282. The van der Waals surface area contributed by atoms with Gasteiger partial charge in [0, 0.05) is 25.0 Å². The number of halogens is 1. The second kappa shape index (κ2) is 6.24. The lowest BCUT2D eigenvalue weighted by Crippen LogP contribution is -2.51. The average molecular weight is 335 g/mol. The van der Waals surface area contributed by atoms with Gasteiger partial charge in [-0.05, 0) is 19.3 Å². The molecule has 1 saturated carbocycles. The smallest absolute Gasteiger partial charge is 0.257 e. The first-order chi connectivity index (χ1) is 9.50. The Balaban J connectivity index is 0.00000161. The Morgan fingerprint density at radius 1 is 1.29 bits per heavy atom. The topological polar surface area (TPSA) is 90.0 Å². The van der Waals surface area contributed by atoms with Gasteiger partial charge in [-0.1, -0.05) is 19.3 Å². The average Bonchev–Trinajstić information content (AvgIpc) is 3.00. The molecule has 0 aromatic carbocycles. The van der Waals surface area contributed by atoms with Crippen LogP contribution in [0.2, 0.25) is 0 Å². The zero-order valence-electron chi connectivity index (χ0n) is 12.0. The van der Waals surface area contributed by atoms with E-state index in [1.807, 2.05) is 0 Å². The number of nitrogens with zero attached hydrogens (tertiary/aromatic N) is 2. The predicted molar refractivity (Wildman–Crippen MR) is 83.0 cm³/mol. The fourth-order valence-electron chi connectivity index (χ4n) is 3.19. The molecular formula is C13H23ClN4O2S. The molecule has 0 spiro atoms. The number of rotatable bonds is 4. The van der Waals surface area contributed by atoms with Crippen molar-refractivity contribution in [2.75, 3.05) is 6.54 Å². The van der Waals surface area contributed by atoms with Crippen LogP contribution in [-0.2, 0) is 23.0 Å². The SMILES string of the molecule is Cl.NC1(CNS(=O)(=O)c2cnc3n2CCC3)CCCCC1. The van der Waals surface area contributed by atoms with Gasteiger partial charge in [-0.15, -0.1) is 12.4 Å². The van der Waals surface area contributed by atoms with Crippen molar-refractivity contribution in [2.45, 2.75) is 62.1 Å². The Morgan fingerprint density at radius 3 is 2.71 bits per heavy atom. The third-order valence-electron chi connectivity index (χ3n) is 4.42. The fourth-order valence-corrected chi connectivity index (χ4v) is 4.49. The molecular weight excluding hydrogens is 312 g/mol. The van der Waals surface area contributed by atoms with Crippen molar-refractivity contribution < 1.29 is 8.42 Å². The third kappa shape index (κ3) is 3.41. The van der Waals surface area contributed by atoms with E-state index in [0.29, 0.717) is 6.54 Å². The maximum absolute atomic E-state index is 12.4. The molecule has 0 bridgehead atoms. The monoisotopic (exact) mass is 334 g/mol. The molecule has 21 heavy (non-hydrogen) atoms. The van der Waals surface area contributed by atoms with E-state index in [-0.39, 0.29) is 23.0 Å². The minimum atomic E-state index is -3.51. The number of hydrogen-bond acceptors (Lipinski definition) is 4. The normalized spacial score (nSPS) is 20.8. The quantitative estimate of drug-likeness (QED) is 0.865. The Labute approximate surface area is 132 Å². The van der Waals surface area contributed by atoms with Crippen LogP contribution >= 0.6 is 12.4 Å². The van der Waals surface area contributed by atoms with E-state index in [2.05, 4.69) is 9.71 Å². The minimum Gasteiger partial charge on any atom is -0.324 e. The molecule has 1 aliphatic carbocycles. The summed E-state index contributed by atoms with van der Waals surface area (Å²) in [7, 11) is -3.51. The molecule has 0 amide bonds. The Hall–Kier alpha value is -0.630. The van der Waals surface area contributed by atoms with Crippen LogP contribution in [0.15, 0.2) is 11.2 Å². The van der Waals surface area contributed by atoms with Gasteiger partial charge in [0.05, 0.1) is 6.20 Å². The zero-order chi connectivity index (χ0) is 14.2. The van der Waals surface area contributed by atoms with Crippen molar-refractivity contribution >= 4 is 22.4 Å². The molecule has 1 fully saturated rings. The van der Waals surface area contributed by atoms with Crippen LogP contribution in [0.5, 0.6) is 0 Å². The van der Waals surface area contributed by atoms with Gasteiger partial charge in [0.2, 0.25) is 0 Å². The maximum atomic E-state index is 12.4. The summed E-state index contributed by atoms with van der Waals surface area (Å²) in [6, 6.07) is 0. The molecule has 0 atom stereocenters. The van der Waals surface area contributed by atoms with Crippen LogP contribution in [0.1, 0.15) is 44.3 Å². The minimum absolute atomic E-state index is 0. The lowest BCUT2D eigenvalue weighted by atomic mass is 9.83. The number of imidazole rings is 1. The lowest BCUT2D eigenvalue weighted by molar-refractivity contribution is 0.296. The first kappa shape index (κ1) is 16.7. The van der Waals surface area contributed by atoms with Crippen molar-refractivity contribution in [3.63, 3.8) is 0 Å². The highest BCUT2D eigenvalue weighted by molar-refractivity contribution is 7.89. The first-order valence-corrected chi connectivity index (χ1v) is 8.82. The molecule has 2 heterocycles.